The van der Waals surface area contributed by atoms with Gasteiger partial charge in [-0.25, -0.2) is 70.1 Å². The van der Waals surface area contributed by atoms with E-state index in [1.165, 1.54) is 31.1 Å². The van der Waals surface area contributed by atoms with Gasteiger partial charge in [-0.15, -0.1) is 34.0 Å². The molecular weight excluding hydrogens is 1240 g/mol. The molecule has 0 amide bonds. The second-order valence-corrected chi connectivity index (χ2v) is 33.8. The predicted molar refractivity (Wildman–Crippen MR) is 356 cm³/mol. The molecule has 6 aromatic heterocycles. The first-order valence-electron chi connectivity index (χ1n) is 28.0. The second-order valence-electron chi connectivity index (χ2n) is 23.2. The first-order valence-corrected chi connectivity index (χ1v) is 34.4. The lowest BCUT2D eigenvalue weighted by Crippen LogP contribution is -2.28. The minimum absolute atomic E-state index is 0.139. The van der Waals surface area contributed by atoms with E-state index in [4.69, 9.17) is 1.37 Å². The number of fused-ring (bicyclic) bond motifs is 6. The smallest absolute Gasteiger partial charge is 0.186 e. The van der Waals surface area contributed by atoms with Crippen molar-refractivity contribution in [1.82, 2.24) is 44.9 Å². The maximum Gasteiger partial charge on any atom is 0.186 e. The van der Waals surface area contributed by atoms with Crippen molar-refractivity contribution in [3.05, 3.63) is 138 Å². The number of halogens is 1. The van der Waals surface area contributed by atoms with E-state index in [2.05, 4.69) is 60.4 Å². The summed E-state index contributed by atoms with van der Waals surface area (Å²) in [5.74, 6) is 1.37. The fourth-order valence-corrected chi connectivity index (χ4v) is 15.3. The van der Waals surface area contributed by atoms with Gasteiger partial charge in [-0.2, -0.15) is 0 Å². The maximum absolute atomic E-state index is 13.2. The van der Waals surface area contributed by atoms with E-state index in [-0.39, 0.29) is 10.6 Å². The van der Waals surface area contributed by atoms with Crippen molar-refractivity contribution in [2.24, 2.45) is 0 Å². The zero-order chi connectivity index (χ0) is 64.6. The minimum Gasteiger partial charge on any atom is -0.507 e. The number of anilines is 6. The second kappa shape index (κ2) is 24.9. The van der Waals surface area contributed by atoms with E-state index in [0.29, 0.717) is 72.1 Å². The van der Waals surface area contributed by atoms with Crippen molar-refractivity contribution in [3.8, 4) is 5.75 Å². The Morgan fingerprint density at radius 2 is 0.864 bits per heavy atom. The number of rotatable bonds is 10. The van der Waals surface area contributed by atoms with E-state index >= 15 is 0 Å². The number of thiazole rings is 3. The summed E-state index contributed by atoms with van der Waals surface area (Å²) in [4.78, 5) is 41.6. The minimum atomic E-state index is -3.75. The number of phenolic OH excluding ortho intramolecular Hbond substituents is 1. The van der Waals surface area contributed by atoms with Gasteiger partial charge < -0.3 is 20.6 Å². The largest absolute Gasteiger partial charge is 0.507 e. The average Bonchev–Trinajstić information content (AvgIpc) is 1.43. The molecule has 0 aliphatic heterocycles. The van der Waals surface area contributed by atoms with Crippen molar-refractivity contribution in [3.63, 3.8) is 0 Å². The molecule has 458 valence electrons. The number of phenols is 1. The van der Waals surface area contributed by atoms with Gasteiger partial charge in [0.2, 0.25) is 0 Å². The number of benzene rings is 6. The lowest BCUT2D eigenvalue weighted by molar-refractivity contribution is 0.457. The summed E-state index contributed by atoms with van der Waals surface area (Å²) in [5.41, 5.74) is 13.9. The Balaban J connectivity index is 0.000000155. The highest BCUT2D eigenvalue weighted by atomic mass is 32.2. The van der Waals surface area contributed by atoms with Crippen LogP contribution in [0.3, 0.4) is 0 Å². The van der Waals surface area contributed by atoms with Crippen LogP contribution in [0, 0.1) is 13.8 Å². The third-order valence-corrected chi connectivity index (χ3v) is 24.4. The van der Waals surface area contributed by atoms with Crippen molar-refractivity contribution in [1.29, 1.82) is 0 Å². The molecule has 12 rings (SSSR count). The molecule has 0 aliphatic rings. The third-order valence-electron chi connectivity index (χ3n) is 14.2. The Morgan fingerprint density at radius 1 is 0.489 bits per heavy atom. The van der Waals surface area contributed by atoms with Crippen LogP contribution in [0.4, 0.5) is 38.9 Å². The SMILES string of the molecule is CC(C)(C)S(=O)(=O)c1cc2c(Nc3ccc4scnc4c3)ncnc2cc1O.CCN(c1ccc2scnc2c1)c1ncnc2cc(C)c(S(=O)(=O)C(C)(C)C)cc12.Cc1cc2ncnc(Nc3ccc4scnc4c3)c2cc1S(=O)(=O)C(C)(C)C.[2H]CF. The van der Waals surface area contributed by atoms with Crippen LogP contribution >= 0.6 is 34.0 Å². The van der Waals surface area contributed by atoms with Gasteiger partial charge in [0.15, 0.2) is 29.5 Å². The highest BCUT2D eigenvalue weighted by Gasteiger charge is 2.36. The summed E-state index contributed by atoms with van der Waals surface area (Å²) >= 11 is 4.74. The van der Waals surface area contributed by atoms with Gasteiger partial charge in [-0.1, -0.05) is 0 Å². The van der Waals surface area contributed by atoms with Gasteiger partial charge in [-0.3, -0.25) is 4.39 Å². The first kappa shape index (κ1) is 63.0. The van der Waals surface area contributed by atoms with Gasteiger partial charge in [0, 0.05) is 45.8 Å². The summed E-state index contributed by atoms with van der Waals surface area (Å²) in [6.45, 7) is 21.4. The van der Waals surface area contributed by atoms with E-state index in [1.54, 1.807) is 132 Å². The Hall–Kier alpha value is -8.01. The number of hydrogen-bond donors (Lipinski definition) is 3. The predicted octanol–water partition coefficient (Wildman–Crippen LogP) is 15.0. The van der Waals surface area contributed by atoms with Crippen LogP contribution < -0.4 is 15.5 Å². The van der Waals surface area contributed by atoms with E-state index in [1.807, 2.05) is 80.0 Å². The van der Waals surface area contributed by atoms with Gasteiger partial charge in [-0.05, 0) is 179 Å². The van der Waals surface area contributed by atoms with Crippen molar-refractivity contribution in [2.45, 2.75) is 112 Å². The molecule has 26 heteroatoms. The van der Waals surface area contributed by atoms with Crippen LogP contribution in [0.2, 0.25) is 0 Å². The zero-order valence-electron chi connectivity index (χ0n) is 51.2. The molecule has 6 aromatic carbocycles. The molecule has 0 atom stereocenters. The quantitative estimate of drug-likeness (QED) is 0.115. The Bertz CT molecular complexity index is 4780. The van der Waals surface area contributed by atoms with E-state index < -0.39 is 50.9 Å². The molecule has 3 N–H and O–H groups in total. The van der Waals surface area contributed by atoms with Crippen LogP contribution in [0.1, 0.15) is 81.7 Å². The number of hydrogen-bond acceptors (Lipinski definition) is 22. The number of aryl methyl sites for hydroxylation is 2. The Labute approximate surface area is 523 Å². The molecule has 0 bridgehead atoms. The number of nitrogens with one attached hydrogen (secondary N) is 2. The molecule has 0 fully saturated rings. The van der Waals surface area contributed by atoms with Crippen LogP contribution in [0.25, 0.3) is 63.4 Å². The van der Waals surface area contributed by atoms with Gasteiger partial charge >= 0.3 is 0 Å². The molecule has 0 saturated heterocycles. The number of aromatic hydroxyl groups is 1. The summed E-state index contributed by atoms with van der Waals surface area (Å²) in [5, 5.41) is 18.7. The molecule has 0 unspecified atom stereocenters. The molecule has 0 radical (unpaired) electrons. The third kappa shape index (κ3) is 12.8. The normalized spacial score (nSPS) is 12.5. The van der Waals surface area contributed by atoms with Gasteiger partial charge in [0.25, 0.3) is 0 Å². The summed E-state index contributed by atoms with van der Waals surface area (Å²) in [7, 11) is -11.8. The molecule has 12 aromatic rings. The molecule has 19 nitrogen and oxygen atoms in total. The van der Waals surface area contributed by atoms with Crippen molar-refractivity contribution in [2.75, 3.05) is 29.2 Å². The van der Waals surface area contributed by atoms with E-state index in [9.17, 15) is 34.8 Å². The molecule has 0 saturated carbocycles. The summed E-state index contributed by atoms with van der Waals surface area (Å²) in [6.07, 6.45) is 4.37. The highest BCUT2D eigenvalue weighted by Crippen LogP contribution is 2.40. The standard InChI is InChI=1S/C22H24N4O2S2.C20H20N4O2S2.C19H18N4O3S2.CH3F/c1-6-26(15-7-8-19-18(10-15)25-13-29-19)21-16-11-20(30(27,28)22(3,4)5)14(2)9-17(16)23-12-24-21;1-12-7-15-14(9-18(12)28(25,26)20(2,3)4)19(22-10-21-15)24-13-5-6-17-16(8-13)23-11-27-17;1-19(2,3)28(25,26)17-7-12-13(8-15(17)24)20-9-21-18(12)23-11-4-5-16-14(6-11)22-10-27-16;1-2/h7-13H,6H2,1-5H3;5-11H,1-4H3,(H,21,22,24);4-10,24H,1-3H3,(H,20,21,23);1H3/i;;;1D. The Kier molecular flexibility index (Phi) is 17.8. The van der Waals surface area contributed by atoms with Crippen LogP contribution in [-0.2, 0) is 29.5 Å². The summed E-state index contributed by atoms with van der Waals surface area (Å²) < 4.78 is 94.2. The lowest BCUT2D eigenvalue weighted by atomic mass is 10.1. The fraction of sp³-hybridized carbons (Fsp3) is 0.274. The maximum atomic E-state index is 13.2. The van der Waals surface area contributed by atoms with Crippen LogP contribution in [-0.4, -0.2) is 103 Å². The summed E-state index contributed by atoms with van der Waals surface area (Å²) in [6, 6.07) is 27.6. The molecule has 6 heterocycles. The molecular formula is C62H65FN12O7S6. The van der Waals surface area contributed by atoms with Crippen molar-refractivity contribution < 1.29 is 36.1 Å². The van der Waals surface area contributed by atoms with Crippen LogP contribution in [0.15, 0.2) is 141 Å². The van der Waals surface area contributed by atoms with E-state index in [0.717, 1.165) is 53.2 Å². The van der Waals surface area contributed by atoms with Gasteiger partial charge in [0.05, 0.1) is 96.3 Å². The number of alkyl halides is 1. The first-order chi connectivity index (χ1) is 41.9. The van der Waals surface area contributed by atoms with Crippen molar-refractivity contribution >= 4 is 161 Å². The average molecular weight is 1300 g/mol. The fourth-order valence-electron chi connectivity index (χ4n) is 9.25. The number of nitrogens with zero attached hydrogens (tertiary/aromatic N) is 10. The Morgan fingerprint density at radius 3 is 1.31 bits per heavy atom. The molecule has 0 spiro atoms. The highest BCUT2D eigenvalue weighted by molar-refractivity contribution is 7.93. The topological polar surface area (TPSA) is 266 Å². The molecule has 88 heavy (non-hydrogen) atoms. The lowest BCUT2D eigenvalue weighted by Gasteiger charge is -2.25. The molecule has 0 aliphatic carbocycles. The zero-order valence-corrected chi connectivity index (χ0v) is 55.1. The number of sulfone groups is 3. The van der Waals surface area contributed by atoms with Gasteiger partial charge in [0.1, 0.15) is 47.1 Å². The number of aromatic nitrogens is 9. The monoisotopic (exact) mass is 1300 g/mol. The van der Waals surface area contributed by atoms with Crippen LogP contribution in [0.5, 0.6) is 5.75 Å².